The van der Waals surface area contributed by atoms with Gasteiger partial charge in [-0.2, -0.15) is 0 Å². The summed E-state index contributed by atoms with van der Waals surface area (Å²) in [5, 5.41) is 19.7. The van der Waals surface area contributed by atoms with Crippen LogP contribution in [-0.4, -0.2) is 78.2 Å². The Labute approximate surface area is 236 Å². The number of carbonyl (C=O) groups excluding carboxylic acids is 3. The SMILES string of the molecule is CCC(C)C1NCCOc2ccccc2CCCNC(=O)[C@@H](Cc2ccccc2)NC(=O)[C@H]2C[C@H](O)CN2C1=O. The average Bonchev–Trinajstić information content (AvgIpc) is 3.36. The number of nitrogens with zero attached hydrogens (tertiary/aromatic N) is 1. The molecule has 2 aromatic carbocycles. The monoisotopic (exact) mass is 550 g/mol. The van der Waals surface area contributed by atoms with Crippen molar-refractivity contribution in [3.05, 3.63) is 65.7 Å². The molecule has 216 valence electrons. The molecule has 2 aliphatic rings. The molecule has 9 nitrogen and oxygen atoms in total. The molecule has 1 saturated heterocycles. The van der Waals surface area contributed by atoms with Crippen molar-refractivity contribution in [3.8, 4) is 5.75 Å². The molecule has 2 unspecified atom stereocenters. The highest BCUT2D eigenvalue weighted by molar-refractivity contribution is 5.93. The minimum atomic E-state index is -0.857. The Morgan fingerprint density at radius 3 is 2.55 bits per heavy atom. The van der Waals surface area contributed by atoms with Crippen molar-refractivity contribution in [2.75, 3.05) is 26.2 Å². The van der Waals surface area contributed by atoms with E-state index in [2.05, 4.69) is 16.0 Å². The summed E-state index contributed by atoms with van der Waals surface area (Å²) < 4.78 is 6.08. The van der Waals surface area contributed by atoms with Crippen LogP contribution in [0.4, 0.5) is 0 Å². The number of aliphatic hydroxyl groups excluding tert-OH is 1. The van der Waals surface area contributed by atoms with E-state index in [1.807, 2.05) is 68.4 Å². The molecule has 4 N–H and O–H groups in total. The Hall–Kier alpha value is -3.43. The molecule has 0 saturated carbocycles. The van der Waals surface area contributed by atoms with Gasteiger partial charge in [-0.25, -0.2) is 0 Å². The molecule has 0 spiro atoms. The van der Waals surface area contributed by atoms with E-state index in [4.69, 9.17) is 4.74 Å². The Morgan fingerprint density at radius 1 is 1.02 bits per heavy atom. The number of hydrogen-bond acceptors (Lipinski definition) is 6. The van der Waals surface area contributed by atoms with Crippen LogP contribution >= 0.6 is 0 Å². The predicted molar refractivity (Wildman–Crippen MR) is 153 cm³/mol. The van der Waals surface area contributed by atoms with E-state index in [9.17, 15) is 19.5 Å². The number of aliphatic hydroxyl groups is 1. The van der Waals surface area contributed by atoms with Gasteiger partial charge in [0.15, 0.2) is 0 Å². The van der Waals surface area contributed by atoms with Crippen LogP contribution in [0.5, 0.6) is 5.75 Å². The molecule has 0 bridgehead atoms. The fourth-order valence-corrected chi connectivity index (χ4v) is 5.42. The molecular formula is C31H42N4O5. The second-order valence-corrected chi connectivity index (χ2v) is 10.8. The average molecular weight is 551 g/mol. The molecule has 1 fully saturated rings. The Kier molecular flexibility index (Phi) is 10.5. The van der Waals surface area contributed by atoms with Gasteiger partial charge in [-0.3, -0.25) is 14.4 Å². The van der Waals surface area contributed by atoms with Gasteiger partial charge in [0.2, 0.25) is 17.7 Å². The van der Waals surface area contributed by atoms with E-state index < -0.39 is 30.1 Å². The summed E-state index contributed by atoms with van der Waals surface area (Å²) >= 11 is 0. The second-order valence-electron chi connectivity index (χ2n) is 10.8. The van der Waals surface area contributed by atoms with Gasteiger partial charge in [-0.1, -0.05) is 68.8 Å². The maximum absolute atomic E-state index is 13.8. The zero-order valence-electron chi connectivity index (χ0n) is 23.5. The van der Waals surface area contributed by atoms with Gasteiger partial charge in [-0.15, -0.1) is 0 Å². The molecule has 9 heteroatoms. The first-order valence-corrected chi connectivity index (χ1v) is 14.4. The maximum atomic E-state index is 13.8. The predicted octanol–water partition coefficient (Wildman–Crippen LogP) is 1.82. The summed E-state index contributed by atoms with van der Waals surface area (Å²) in [6.07, 6.45) is 1.83. The second kappa shape index (κ2) is 14.3. The summed E-state index contributed by atoms with van der Waals surface area (Å²) in [5.41, 5.74) is 1.96. The highest BCUT2D eigenvalue weighted by Gasteiger charge is 2.42. The minimum absolute atomic E-state index is 0.00319. The van der Waals surface area contributed by atoms with Crippen LogP contribution in [0, 0.1) is 5.92 Å². The van der Waals surface area contributed by atoms with Crippen LogP contribution in [-0.2, 0) is 27.2 Å². The molecule has 2 heterocycles. The Morgan fingerprint density at radius 2 is 1.77 bits per heavy atom. The van der Waals surface area contributed by atoms with Crippen molar-refractivity contribution in [2.45, 2.75) is 70.2 Å². The summed E-state index contributed by atoms with van der Waals surface area (Å²) in [5.74, 6) is -0.138. The smallest absolute Gasteiger partial charge is 0.243 e. The normalized spacial score (nSPS) is 25.9. The number of para-hydroxylation sites is 1. The molecule has 4 rings (SSSR count). The van der Waals surface area contributed by atoms with E-state index >= 15 is 0 Å². The summed E-state index contributed by atoms with van der Waals surface area (Å²) in [7, 11) is 0. The largest absolute Gasteiger partial charge is 0.492 e. The quantitative estimate of drug-likeness (QED) is 0.461. The number of fused-ring (bicyclic) bond motifs is 2. The van der Waals surface area contributed by atoms with Gasteiger partial charge in [0.1, 0.15) is 24.4 Å². The van der Waals surface area contributed by atoms with Gasteiger partial charge >= 0.3 is 0 Å². The van der Waals surface area contributed by atoms with Crippen LogP contribution in [0.25, 0.3) is 0 Å². The molecule has 0 aromatic heterocycles. The van der Waals surface area contributed by atoms with Gasteiger partial charge in [0.25, 0.3) is 0 Å². The van der Waals surface area contributed by atoms with Crippen molar-refractivity contribution in [1.82, 2.24) is 20.9 Å². The lowest BCUT2D eigenvalue weighted by atomic mass is 9.97. The van der Waals surface area contributed by atoms with Crippen LogP contribution in [0.3, 0.4) is 0 Å². The van der Waals surface area contributed by atoms with E-state index in [1.165, 1.54) is 4.90 Å². The van der Waals surface area contributed by atoms with Crippen LogP contribution in [0.2, 0.25) is 0 Å². The van der Waals surface area contributed by atoms with Crippen LogP contribution in [0.1, 0.15) is 44.2 Å². The Bertz CT molecular complexity index is 1140. The van der Waals surface area contributed by atoms with Crippen molar-refractivity contribution >= 4 is 17.7 Å². The first-order valence-electron chi connectivity index (χ1n) is 14.4. The van der Waals surface area contributed by atoms with Crippen molar-refractivity contribution in [3.63, 3.8) is 0 Å². The minimum Gasteiger partial charge on any atom is -0.492 e. The molecular weight excluding hydrogens is 508 g/mol. The molecule has 0 radical (unpaired) electrons. The number of benzene rings is 2. The Balaban J connectivity index is 1.60. The van der Waals surface area contributed by atoms with E-state index in [-0.39, 0.29) is 30.7 Å². The molecule has 0 aliphatic carbocycles. The highest BCUT2D eigenvalue weighted by atomic mass is 16.5. The lowest BCUT2D eigenvalue weighted by molar-refractivity contribution is -0.141. The van der Waals surface area contributed by atoms with E-state index in [0.29, 0.717) is 32.5 Å². The number of nitrogens with one attached hydrogen (secondary N) is 3. The molecule has 2 aliphatic heterocycles. The molecule has 3 amide bonds. The van der Waals surface area contributed by atoms with Gasteiger partial charge in [0, 0.05) is 32.5 Å². The first-order chi connectivity index (χ1) is 19.4. The van der Waals surface area contributed by atoms with E-state index in [1.54, 1.807) is 0 Å². The third-order valence-corrected chi connectivity index (χ3v) is 7.88. The van der Waals surface area contributed by atoms with Crippen molar-refractivity contribution in [2.24, 2.45) is 5.92 Å². The standard InChI is InChI=1S/C31H42N4O5/c1-3-21(2)28-31(39)35-20-24(36)19-26(35)30(38)34-25(18-22-10-5-4-6-11-22)29(37)33-15-9-13-23-12-7-8-14-27(23)40-17-16-32-28/h4-8,10-12,14,21,24-26,28,32,36H,3,9,13,15-20H2,1-2H3,(H,33,37)(H,34,38)/t21?,24-,25+,26+,28?/m0/s1. The first kappa shape index (κ1) is 29.6. The number of hydrogen-bond donors (Lipinski definition) is 4. The van der Waals surface area contributed by atoms with Gasteiger partial charge in [-0.05, 0) is 36.0 Å². The fourth-order valence-electron chi connectivity index (χ4n) is 5.42. The lowest BCUT2D eigenvalue weighted by Crippen LogP contribution is -2.57. The van der Waals surface area contributed by atoms with Gasteiger partial charge < -0.3 is 30.7 Å². The molecule has 2 aromatic rings. The van der Waals surface area contributed by atoms with Gasteiger partial charge in [0.05, 0.1) is 12.1 Å². The summed E-state index contributed by atoms with van der Waals surface area (Å²) in [4.78, 5) is 42.2. The zero-order chi connectivity index (χ0) is 28.5. The van der Waals surface area contributed by atoms with E-state index in [0.717, 1.165) is 29.7 Å². The number of amides is 3. The number of carbonyl (C=O) groups is 3. The van der Waals surface area contributed by atoms with Crippen LogP contribution < -0.4 is 20.7 Å². The van der Waals surface area contributed by atoms with Crippen molar-refractivity contribution < 1.29 is 24.2 Å². The van der Waals surface area contributed by atoms with Crippen molar-refractivity contribution in [1.29, 1.82) is 0 Å². The third-order valence-electron chi connectivity index (χ3n) is 7.88. The fraction of sp³-hybridized carbons (Fsp3) is 0.516. The van der Waals surface area contributed by atoms with Crippen LogP contribution in [0.15, 0.2) is 54.6 Å². The zero-order valence-corrected chi connectivity index (χ0v) is 23.5. The lowest BCUT2D eigenvalue weighted by Gasteiger charge is -2.32. The summed E-state index contributed by atoms with van der Waals surface area (Å²) in [6.45, 7) is 5.37. The number of ether oxygens (including phenoxy) is 1. The molecule has 40 heavy (non-hydrogen) atoms. The third kappa shape index (κ3) is 7.61. The number of aryl methyl sites for hydroxylation is 1. The number of rotatable bonds is 4. The molecule has 5 atom stereocenters. The summed E-state index contributed by atoms with van der Waals surface area (Å²) in [6, 6.07) is 15.2. The topological polar surface area (TPSA) is 120 Å². The maximum Gasteiger partial charge on any atom is 0.243 e. The highest BCUT2D eigenvalue weighted by Crippen LogP contribution is 2.23.